The molecule has 0 aromatic heterocycles. The minimum Gasteiger partial charge on any atom is -0.488 e. The van der Waals surface area contributed by atoms with Crippen LogP contribution in [0, 0.1) is 17.0 Å². The average Bonchev–Trinajstić information content (AvgIpc) is 2.74. The molecule has 7 nitrogen and oxygen atoms in total. The number of hydrogen-bond acceptors (Lipinski definition) is 5. The van der Waals surface area contributed by atoms with Crippen molar-refractivity contribution in [3.05, 3.63) is 105 Å². The molecule has 0 aliphatic carbocycles. The van der Waals surface area contributed by atoms with Crippen LogP contribution >= 0.6 is 0 Å². The predicted molar refractivity (Wildman–Crippen MR) is 114 cm³/mol. The molecule has 0 radical (unpaired) electrons. The van der Waals surface area contributed by atoms with Gasteiger partial charge in [0.2, 0.25) is 5.91 Å². The summed E-state index contributed by atoms with van der Waals surface area (Å²) in [5.41, 5.74) is 5.58. The maximum atomic E-state index is 12.1. The fourth-order valence-corrected chi connectivity index (χ4v) is 2.79. The fraction of sp³-hybridized carbons (Fsp3) is 0.130. The molecule has 0 saturated heterocycles. The lowest BCUT2D eigenvalue weighted by Gasteiger charge is -2.09. The van der Waals surface area contributed by atoms with Crippen molar-refractivity contribution in [1.29, 1.82) is 0 Å². The summed E-state index contributed by atoms with van der Waals surface area (Å²) in [6.45, 7) is 2.44. The highest BCUT2D eigenvalue weighted by Crippen LogP contribution is 2.19. The van der Waals surface area contributed by atoms with Crippen LogP contribution in [0.25, 0.3) is 0 Å². The van der Waals surface area contributed by atoms with Gasteiger partial charge in [0.05, 0.1) is 17.6 Å². The zero-order chi connectivity index (χ0) is 21.3. The molecule has 7 heteroatoms. The van der Waals surface area contributed by atoms with Gasteiger partial charge in [-0.3, -0.25) is 14.9 Å². The third kappa shape index (κ3) is 5.75. The molecular weight excluding hydrogens is 382 g/mol. The Morgan fingerprint density at radius 1 is 1.07 bits per heavy atom. The lowest BCUT2D eigenvalue weighted by atomic mass is 10.1. The molecule has 30 heavy (non-hydrogen) atoms. The van der Waals surface area contributed by atoms with Gasteiger partial charge >= 0.3 is 0 Å². The van der Waals surface area contributed by atoms with Crippen LogP contribution in [0.2, 0.25) is 0 Å². The van der Waals surface area contributed by atoms with Crippen LogP contribution in [-0.2, 0) is 17.8 Å². The quantitative estimate of drug-likeness (QED) is 0.347. The van der Waals surface area contributed by atoms with Gasteiger partial charge in [0.15, 0.2) is 0 Å². The molecule has 152 valence electrons. The highest BCUT2D eigenvalue weighted by molar-refractivity contribution is 5.86. The number of ether oxygens (including phenoxy) is 1. The van der Waals surface area contributed by atoms with E-state index < -0.39 is 10.8 Å². The molecule has 0 saturated carbocycles. The summed E-state index contributed by atoms with van der Waals surface area (Å²) in [5.74, 6) is 0.188. The molecule has 0 fully saturated rings. The van der Waals surface area contributed by atoms with Crippen LogP contribution in [-0.4, -0.2) is 17.0 Å². The number of amides is 1. The van der Waals surface area contributed by atoms with Crippen LogP contribution in [0.4, 0.5) is 5.69 Å². The molecule has 3 rings (SSSR count). The Hall–Kier alpha value is -4.00. The third-order valence-electron chi connectivity index (χ3n) is 4.37. The Bertz CT molecular complexity index is 1060. The Morgan fingerprint density at radius 2 is 1.77 bits per heavy atom. The van der Waals surface area contributed by atoms with Gasteiger partial charge in [0, 0.05) is 17.2 Å². The minimum absolute atomic E-state index is 0.0912. The maximum Gasteiger partial charge on any atom is 0.273 e. The van der Waals surface area contributed by atoms with Gasteiger partial charge in [-0.1, -0.05) is 60.2 Å². The van der Waals surface area contributed by atoms with E-state index in [1.54, 1.807) is 18.2 Å². The molecule has 0 heterocycles. The van der Waals surface area contributed by atoms with Crippen molar-refractivity contribution in [2.45, 2.75) is 20.0 Å². The molecule has 0 unspecified atom stereocenters. The number of carbonyl (C=O) groups is 1. The number of nitro benzene ring substituents is 1. The van der Waals surface area contributed by atoms with Crippen LogP contribution < -0.4 is 10.2 Å². The van der Waals surface area contributed by atoms with Crippen LogP contribution in [0.5, 0.6) is 5.75 Å². The number of nitrogens with zero attached hydrogens (tertiary/aromatic N) is 2. The predicted octanol–water partition coefficient (Wildman–Crippen LogP) is 4.18. The van der Waals surface area contributed by atoms with E-state index in [-0.39, 0.29) is 12.1 Å². The minimum atomic E-state index is -0.506. The first-order valence-corrected chi connectivity index (χ1v) is 9.34. The summed E-state index contributed by atoms with van der Waals surface area (Å²) in [5, 5.41) is 15.0. The van der Waals surface area contributed by atoms with Crippen molar-refractivity contribution < 1.29 is 14.5 Å². The molecule has 1 amide bonds. The molecule has 0 aliphatic rings. The van der Waals surface area contributed by atoms with Crippen molar-refractivity contribution >= 4 is 17.8 Å². The van der Waals surface area contributed by atoms with Gasteiger partial charge in [-0.05, 0) is 24.6 Å². The third-order valence-corrected chi connectivity index (χ3v) is 4.37. The highest BCUT2D eigenvalue weighted by Gasteiger charge is 2.15. The Kier molecular flexibility index (Phi) is 6.89. The molecule has 0 spiro atoms. The first-order chi connectivity index (χ1) is 14.5. The van der Waals surface area contributed by atoms with E-state index >= 15 is 0 Å². The second-order valence-corrected chi connectivity index (χ2v) is 6.67. The Labute approximate surface area is 174 Å². The van der Waals surface area contributed by atoms with Gasteiger partial charge < -0.3 is 4.74 Å². The monoisotopic (exact) mass is 403 g/mol. The number of carbonyl (C=O) groups excluding carboxylic acids is 1. The first-order valence-electron chi connectivity index (χ1n) is 9.34. The van der Waals surface area contributed by atoms with E-state index in [0.717, 1.165) is 5.56 Å². The van der Waals surface area contributed by atoms with Crippen molar-refractivity contribution in [1.82, 2.24) is 5.43 Å². The lowest BCUT2D eigenvalue weighted by molar-refractivity contribution is -0.385. The van der Waals surface area contributed by atoms with E-state index in [9.17, 15) is 14.9 Å². The van der Waals surface area contributed by atoms with Gasteiger partial charge in [-0.2, -0.15) is 5.10 Å². The summed E-state index contributed by atoms with van der Waals surface area (Å²) in [6, 6.07) is 21.5. The van der Waals surface area contributed by atoms with E-state index in [1.165, 1.54) is 17.8 Å². The molecule has 0 atom stereocenters. The second-order valence-electron chi connectivity index (χ2n) is 6.67. The zero-order valence-corrected chi connectivity index (χ0v) is 16.4. The second kappa shape index (κ2) is 9.97. The molecule has 3 aromatic rings. The average molecular weight is 403 g/mol. The highest BCUT2D eigenvalue weighted by atomic mass is 16.6. The lowest BCUT2D eigenvalue weighted by Crippen LogP contribution is -2.20. The van der Waals surface area contributed by atoms with Crippen molar-refractivity contribution in [2.75, 3.05) is 0 Å². The summed E-state index contributed by atoms with van der Waals surface area (Å²) in [7, 11) is 0. The van der Waals surface area contributed by atoms with Gasteiger partial charge in [-0.15, -0.1) is 0 Å². The standard InChI is InChI=1S/C23H21N3O4/c1-17-10-12-18(13-11-17)16-30-22-9-5-3-7-20(22)15-24-25-23(27)14-19-6-2-4-8-21(19)26(28)29/h2-13,15H,14,16H2,1H3,(H,25,27). The van der Waals surface area contributed by atoms with Gasteiger partial charge in [0.1, 0.15) is 12.4 Å². The number of hydrogen-bond donors (Lipinski definition) is 1. The largest absolute Gasteiger partial charge is 0.488 e. The molecule has 3 aromatic carbocycles. The number of para-hydroxylation sites is 2. The number of hydrazone groups is 1. The van der Waals surface area contributed by atoms with E-state index in [0.29, 0.717) is 23.5 Å². The number of aryl methyl sites for hydroxylation is 1. The SMILES string of the molecule is Cc1ccc(COc2ccccc2C=NNC(=O)Cc2ccccc2[N+](=O)[O-])cc1. The maximum absolute atomic E-state index is 12.1. The summed E-state index contributed by atoms with van der Waals surface area (Å²) >= 11 is 0. The normalized spacial score (nSPS) is 10.7. The summed E-state index contributed by atoms with van der Waals surface area (Å²) in [4.78, 5) is 22.7. The van der Waals surface area contributed by atoms with Crippen molar-refractivity contribution in [3.63, 3.8) is 0 Å². The molecule has 0 aliphatic heterocycles. The van der Waals surface area contributed by atoms with Crippen molar-refractivity contribution in [3.8, 4) is 5.75 Å². The van der Waals surface area contributed by atoms with Crippen LogP contribution in [0.1, 0.15) is 22.3 Å². The summed E-state index contributed by atoms with van der Waals surface area (Å²) < 4.78 is 5.88. The number of rotatable bonds is 8. The van der Waals surface area contributed by atoms with E-state index in [4.69, 9.17) is 4.74 Å². The summed E-state index contributed by atoms with van der Waals surface area (Å²) in [6.07, 6.45) is 1.35. The van der Waals surface area contributed by atoms with Crippen LogP contribution in [0.15, 0.2) is 77.9 Å². The van der Waals surface area contributed by atoms with Gasteiger partial charge in [0.25, 0.3) is 5.69 Å². The first kappa shape index (κ1) is 20.7. The van der Waals surface area contributed by atoms with E-state index in [1.807, 2.05) is 55.5 Å². The number of nitrogens with one attached hydrogen (secondary N) is 1. The smallest absolute Gasteiger partial charge is 0.273 e. The Morgan fingerprint density at radius 3 is 2.53 bits per heavy atom. The zero-order valence-electron chi connectivity index (χ0n) is 16.4. The number of nitro groups is 1. The molecule has 0 bridgehead atoms. The van der Waals surface area contributed by atoms with Crippen molar-refractivity contribution in [2.24, 2.45) is 5.10 Å². The Balaban J connectivity index is 1.60. The molecular formula is C23H21N3O4. The van der Waals surface area contributed by atoms with Crippen LogP contribution in [0.3, 0.4) is 0 Å². The molecule has 1 N–H and O–H groups in total. The number of benzene rings is 3. The van der Waals surface area contributed by atoms with Gasteiger partial charge in [-0.25, -0.2) is 5.43 Å². The van der Waals surface area contributed by atoms with E-state index in [2.05, 4.69) is 10.5 Å². The topological polar surface area (TPSA) is 93.8 Å². The fourth-order valence-electron chi connectivity index (χ4n) is 2.79.